The highest BCUT2D eigenvalue weighted by Gasteiger charge is 2.25. The van der Waals surface area contributed by atoms with Crippen LogP contribution in [0.2, 0.25) is 0 Å². The molecule has 3 amide bonds. The molecular formula is C17H25N3O4. The number of amides is 3. The topological polar surface area (TPSA) is 71.1 Å². The van der Waals surface area contributed by atoms with Gasteiger partial charge in [0.1, 0.15) is 5.75 Å². The molecule has 1 N–H and O–H groups in total. The Hall–Kier alpha value is -2.44. The molecule has 1 aromatic rings. The predicted octanol–water partition coefficient (Wildman–Crippen LogP) is 2.78. The SMILES string of the molecule is CCOC(=O)N1CCN(C(=O)Nc2ccccc2OC(C)C)CC1. The maximum atomic E-state index is 12.4. The van der Waals surface area contributed by atoms with Crippen molar-refractivity contribution < 1.29 is 19.1 Å². The number of benzene rings is 1. The second-order valence-corrected chi connectivity index (χ2v) is 5.77. The van der Waals surface area contributed by atoms with Crippen molar-refractivity contribution in [1.82, 2.24) is 9.80 Å². The molecule has 2 rings (SSSR count). The van der Waals surface area contributed by atoms with Crippen LogP contribution in [0, 0.1) is 0 Å². The lowest BCUT2D eigenvalue weighted by molar-refractivity contribution is 0.0868. The minimum Gasteiger partial charge on any atom is -0.489 e. The van der Waals surface area contributed by atoms with Crippen LogP contribution in [0.25, 0.3) is 0 Å². The van der Waals surface area contributed by atoms with Crippen molar-refractivity contribution in [3.8, 4) is 5.75 Å². The van der Waals surface area contributed by atoms with Crippen molar-refractivity contribution in [2.24, 2.45) is 0 Å². The summed E-state index contributed by atoms with van der Waals surface area (Å²) in [5, 5.41) is 2.88. The quantitative estimate of drug-likeness (QED) is 0.918. The van der Waals surface area contributed by atoms with Crippen LogP contribution in [-0.4, -0.2) is 60.8 Å². The Morgan fingerprint density at radius 2 is 1.75 bits per heavy atom. The van der Waals surface area contributed by atoms with Crippen LogP contribution in [-0.2, 0) is 4.74 Å². The fraction of sp³-hybridized carbons (Fsp3) is 0.529. The van der Waals surface area contributed by atoms with Crippen molar-refractivity contribution in [3.05, 3.63) is 24.3 Å². The zero-order chi connectivity index (χ0) is 17.5. The number of anilines is 1. The predicted molar refractivity (Wildman–Crippen MR) is 91.4 cm³/mol. The number of ether oxygens (including phenoxy) is 2. The average Bonchev–Trinajstić information content (AvgIpc) is 2.56. The third-order valence-electron chi connectivity index (χ3n) is 3.58. The van der Waals surface area contributed by atoms with Crippen LogP contribution < -0.4 is 10.1 Å². The second-order valence-electron chi connectivity index (χ2n) is 5.77. The van der Waals surface area contributed by atoms with Gasteiger partial charge in [-0.05, 0) is 32.9 Å². The second kappa shape index (κ2) is 8.42. The molecule has 0 spiro atoms. The van der Waals surface area contributed by atoms with Gasteiger partial charge in [-0.15, -0.1) is 0 Å². The molecule has 7 heteroatoms. The minimum absolute atomic E-state index is 0.0242. The molecule has 132 valence electrons. The molecule has 1 aliphatic heterocycles. The Kier molecular flexibility index (Phi) is 6.28. The molecule has 1 aromatic carbocycles. The number of para-hydroxylation sites is 2. The third kappa shape index (κ3) is 4.78. The average molecular weight is 335 g/mol. The highest BCUT2D eigenvalue weighted by atomic mass is 16.6. The van der Waals surface area contributed by atoms with Gasteiger partial charge < -0.3 is 24.6 Å². The lowest BCUT2D eigenvalue weighted by Crippen LogP contribution is -2.51. The van der Waals surface area contributed by atoms with Gasteiger partial charge in [0.15, 0.2) is 0 Å². The molecule has 1 heterocycles. The number of nitrogens with one attached hydrogen (secondary N) is 1. The van der Waals surface area contributed by atoms with E-state index in [0.29, 0.717) is 44.2 Å². The number of piperazine rings is 1. The van der Waals surface area contributed by atoms with Gasteiger partial charge in [0.2, 0.25) is 0 Å². The van der Waals surface area contributed by atoms with Crippen molar-refractivity contribution >= 4 is 17.8 Å². The van der Waals surface area contributed by atoms with Crippen molar-refractivity contribution in [2.75, 3.05) is 38.1 Å². The van der Waals surface area contributed by atoms with Crippen molar-refractivity contribution in [2.45, 2.75) is 26.9 Å². The van der Waals surface area contributed by atoms with E-state index in [0.717, 1.165) is 0 Å². The van der Waals surface area contributed by atoms with Gasteiger partial charge >= 0.3 is 12.1 Å². The van der Waals surface area contributed by atoms with E-state index in [1.54, 1.807) is 16.7 Å². The Morgan fingerprint density at radius 1 is 1.12 bits per heavy atom. The highest BCUT2D eigenvalue weighted by molar-refractivity contribution is 5.91. The first kappa shape index (κ1) is 17.9. The van der Waals surface area contributed by atoms with Crippen LogP contribution in [0.1, 0.15) is 20.8 Å². The van der Waals surface area contributed by atoms with E-state index in [1.165, 1.54) is 0 Å². The first-order chi connectivity index (χ1) is 11.5. The van der Waals surface area contributed by atoms with Gasteiger partial charge in [0, 0.05) is 26.2 Å². The molecule has 0 atom stereocenters. The van der Waals surface area contributed by atoms with Gasteiger partial charge in [-0.25, -0.2) is 9.59 Å². The Bertz CT molecular complexity index is 569. The van der Waals surface area contributed by atoms with Gasteiger partial charge in [-0.3, -0.25) is 0 Å². The number of carbonyl (C=O) groups excluding carboxylic acids is 2. The fourth-order valence-electron chi connectivity index (χ4n) is 2.43. The lowest BCUT2D eigenvalue weighted by atomic mass is 10.3. The summed E-state index contributed by atoms with van der Waals surface area (Å²) < 4.78 is 10.7. The molecule has 24 heavy (non-hydrogen) atoms. The summed E-state index contributed by atoms with van der Waals surface area (Å²) in [5.74, 6) is 0.644. The largest absolute Gasteiger partial charge is 0.489 e. The zero-order valence-corrected chi connectivity index (χ0v) is 14.4. The van der Waals surface area contributed by atoms with E-state index in [9.17, 15) is 9.59 Å². The van der Waals surface area contributed by atoms with Crippen LogP contribution in [0.4, 0.5) is 15.3 Å². The summed E-state index contributed by atoms with van der Waals surface area (Å²) in [5.41, 5.74) is 0.643. The standard InChI is InChI=1S/C17H25N3O4/c1-4-23-17(22)20-11-9-19(10-12-20)16(21)18-14-7-5-6-8-15(14)24-13(2)3/h5-8,13H,4,9-12H2,1-3H3,(H,18,21). The van der Waals surface area contributed by atoms with E-state index in [2.05, 4.69) is 5.32 Å². The number of rotatable bonds is 4. The number of urea groups is 1. The zero-order valence-electron chi connectivity index (χ0n) is 14.4. The van der Waals surface area contributed by atoms with E-state index in [1.807, 2.05) is 38.1 Å². The molecule has 1 aliphatic rings. The van der Waals surface area contributed by atoms with E-state index in [-0.39, 0.29) is 18.2 Å². The summed E-state index contributed by atoms with van der Waals surface area (Å²) in [6.45, 7) is 7.88. The minimum atomic E-state index is -0.326. The molecular weight excluding hydrogens is 310 g/mol. The summed E-state index contributed by atoms with van der Waals surface area (Å²) in [6, 6.07) is 7.16. The first-order valence-corrected chi connectivity index (χ1v) is 8.24. The summed E-state index contributed by atoms with van der Waals surface area (Å²) in [6.07, 6.45) is -0.301. The highest BCUT2D eigenvalue weighted by Crippen LogP contribution is 2.25. The molecule has 0 saturated carbocycles. The van der Waals surface area contributed by atoms with Crippen LogP contribution >= 0.6 is 0 Å². The van der Waals surface area contributed by atoms with Crippen LogP contribution in [0.15, 0.2) is 24.3 Å². The van der Waals surface area contributed by atoms with E-state index in [4.69, 9.17) is 9.47 Å². The summed E-state index contributed by atoms with van der Waals surface area (Å²) in [7, 11) is 0. The van der Waals surface area contributed by atoms with Crippen molar-refractivity contribution in [1.29, 1.82) is 0 Å². The Balaban J connectivity index is 1.91. The number of carbonyl (C=O) groups is 2. The number of hydrogen-bond donors (Lipinski definition) is 1. The van der Waals surface area contributed by atoms with Crippen LogP contribution in [0.5, 0.6) is 5.75 Å². The van der Waals surface area contributed by atoms with Crippen molar-refractivity contribution in [3.63, 3.8) is 0 Å². The molecule has 1 saturated heterocycles. The fourth-order valence-corrected chi connectivity index (χ4v) is 2.43. The lowest BCUT2D eigenvalue weighted by Gasteiger charge is -2.34. The number of hydrogen-bond acceptors (Lipinski definition) is 4. The maximum Gasteiger partial charge on any atom is 0.409 e. The third-order valence-corrected chi connectivity index (χ3v) is 3.58. The van der Waals surface area contributed by atoms with E-state index < -0.39 is 0 Å². The first-order valence-electron chi connectivity index (χ1n) is 8.24. The molecule has 0 aromatic heterocycles. The van der Waals surface area contributed by atoms with Gasteiger partial charge in [0.25, 0.3) is 0 Å². The van der Waals surface area contributed by atoms with Crippen LogP contribution in [0.3, 0.4) is 0 Å². The molecule has 7 nitrogen and oxygen atoms in total. The van der Waals surface area contributed by atoms with E-state index >= 15 is 0 Å². The Labute approximate surface area is 142 Å². The summed E-state index contributed by atoms with van der Waals surface area (Å²) >= 11 is 0. The molecule has 0 radical (unpaired) electrons. The smallest absolute Gasteiger partial charge is 0.409 e. The Morgan fingerprint density at radius 3 is 2.38 bits per heavy atom. The number of nitrogens with zero attached hydrogens (tertiary/aromatic N) is 2. The summed E-state index contributed by atoms with van der Waals surface area (Å²) in [4.78, 5) is 27.4. The molecule has 0 aliphatic carbocycles. The molecule has 1 fully saturated rings. The maximum absolute atomic E-state index is 12.4. The van der Waals surface area contributed by atoms with Gasteiger partial charge in [-0.2, -0.15) is 0 Å². The monoisotopic (exact) mass is 335 g/mol. The molecule has 0 bridgehead atoms. The normalized spacial score (nSPS) is 14.5. The van der Waals surface area contributed by atoms with Gasteiger partial charge in [-0.1, -0.05) is 12.1 Å². The molecule has 0 unspecified atom stereocenters. The van der Waals surface area contributed by atoms with Gasteiger partial charge in [0.05, 0.1) is 18.4 Å².